The lowest BCUT2D eigenvalue weighted by atomic mass is 9.91. The Balaban J connectivity index is 1.00. The van der Waals surface area contributed by atoms with Crippen LogP contribution in [0.5, 0.6) is 0 Å². The van der Waals surface area contributed by atoms with Crippen molar-refractivity contribution in [1.82, 2.24) is 30.1 Å². The molecule has 0 saturated carbocycles. The van der Waals surface area contributed by atoms with Gasteiger partial charge in [-0.2, -0.15) is 5.10 Å². The van der Waals surface area contributed by atoms with E-state index in [1.165, 1.54) is 0 Å². The van der Waals surface area contributed by atoms with Crippen LogP contribution in [-0.2, 0) is 26.1 Å². The number of likely N-dealkylation sites (tertiary alicyclic amines) is 2. The normalized spacial score (nSPS) is 20.2. The molecule has 3 unspecified atom stereocenters. The molecule has 0 spiro atoms. The zero-order valence-corrected chi connectivity index (χ0v) is 32.4. The van der Waals surface area contributed by atoms with Gasteiger partial charge in [0.2, 0.25) is 11.8 Å². The average Bonchev–Trinajstić information content (AvgIpc) is 3.90. The largest absolute Gasteiger partial charge is 0.444 e. The lowest BCUT2D eigenvalue weighted by Gasteiger charge is -2.37. The zero-order valence-electron chi connectivity index (χ0n) is 32.4. The third-order valence-electron chi connectivity index (χ3n) is 10.7. The van der Waals surface area contributed by atoms with E-state index in [1.807, 2.05) is 89.7 Å². The van der Waals surface area contributed by atoms with Crippen molar-refractivity contribution in [3.63, 3.8) is 0 Å². The number of carbonyl (C=O) groups is 3. The minimum atomic E-state index is -0.547. The maximum absolute atomic E-state index is 14.2. The van der Waals surface area contributed by atoms with Crippen LogP contribution in [0.25, 0.3) is 11.3 Å². The minimum absolute atomic E-state index is 0.0506. The number of amides is 3. The van der Waals surface area contributed by atoms with Crippen LogP contribution in [-0.4, -0.2) is 99.2 Å². The second-order valence-electron chi connectivity index (χ2n) is 16.2. The molecule has 6 rings (SSSR count). The Hall–Kier alpha value is -4.39. The van der Waals surface area contributed by atoms with Crippen LogP contribution in [0.1, 0.15) is 103 Å². The molecule has 3 amide bonds. The topological polar surface area (TPSA) is 135 Å². The van der Waals surface area contributed by atoms with Gasteiger partial charge in [0.1, 0.15) is 17.6 Å². The molecule has 0 bridgehead atoms. The lowest BCUT2D eigenvalue weighted by Crippen LogP contribution is -2.48. The molecule has 0 radical (unpaired) electrons. The average molecular weight is 732 g/mol. The highest BCUT2D eigenvalue weighted by Crippen LogP contribution is 2.34. The summed E-state index contributed by atoms with van der Waals surface area (Å²) in [4.78, 5) is 45.9. The number of hydrogen-bond donors (Lipinski definition) is 1. The van der Waals surface area contributed by atoms with Crippen molar-refractivity contribution in [2.24, 2.45) is 13.0 Å². The standard InChI is InChI=1S/C40H57N7O6/c1-26(2)36(38(49)47-20-8-9-33(47)37(48)42-27(3)28-10-12-29(13-11-28)32-14-19-41-44(32)7)34-25-35(43-53-34)45-21-15-30(16-22-45)51-31-17-23-46(24-18-31)39(50)52-40(4,5)6/h10-14,19,25-27,30-31,33,36H,8-9,15-18,20-24H2,1-7H3,(H,42,48). The molecule has 1 N–H and O–H groups in total. The van der Waals surface area contributed by atoms with Crippen LogP contribution in [0.4, 0.5) is 10.6 Å². The molecule has 3 saturated heterocycles. The summed E-state index contributed by atoms with van der Waals surface area (Å²) in [5.74, 6) is 0.417. The van der Waals surface area contributed by atoms with Crippen LogP contribution >= 0.6 is 0 Å². The first-order chi connectivity index (χ1) is 25.3. The second kappa shape index (κ2) is 16.3. The maximum Gasteiger partial charge on any atom is 0.410 e. The van der Waals surface area contributed by atoms with E-state index in [0.717, 1.165) is 67.8 Å². The van der Waals surface area contributed by atoms with E-state index in [1.54, 1.807) is 16.0 Å². The van der Waals surface area contributed by atoms with Crippen molar-refractivity contribution in [3.8, 4) is 11.3 Å². The number of nitrogens with zero attached hydrogens (tertiary/aromatic N) is 6. The number of nitrogens with one attached hydrogen (secondary N) is 1. The van der Waals surface area contributed by atoms with Gasteiger partial charge in [0, 0.05) is 52.0 Å². The molecule has 13 nitrogen and oxygen atoms in total. The number of hydrogen-bond acceptors (Lipinski definition) is 9. The highest BCUT2D eigenvalue weighted by molar-refractivity contribution is 5.91. The van der Waals surface area contributed by atoms with Crippen LogP contribution < -0.4 is 10.2 Å². The molecule has 2 aromatic heterocycles. The highest BCUT2D eigenvalue weighted by Gasteiger charge is 2.41. The van der Waals surface area contributed by atoms with E-state index < -0.39 is 17.6 Å². The fraction of sp³-hybridized carbons (Fsp3) is 0.625. The summed E-state index contributed by atoms with van der Waals surface area (Å²) in [5.41, 5.74) is 2.57. The van der Waals surface area contributed by atoms with Crippen molar-refractivity contribution in [1.29, 1.82) is 0 Å². The molecule has 0 aliphatic carbocycles. The number of carbonyl (C=O) groups excluding carboxylic acids is 3. The van der Waals surface area contributed by atoms with Gasteiger partial charge in [-0.15, -0.1) is 0 Å². The summed E-state index contributed by atoms with van der Waals surface area (Å²) in [7, 11) is 1.91. The molecule has 3 aromatic rings. The molecule has 3 fully saturated rings. The Morgan fingerprint density at radius 3 is 2.17 bits per heavy atom. The Bertz CT molecular complexity index is 1700. The minimum Gasteiger partial charge on any atom is -0.444 e. The molecule has 1 aromatic carbocycles. The smallest absolute Gasteiger partial charge is 0.410 e. The van der Waals surface area contributed by atoms with Crippen LogP contribution in [0.2, 0.25) is 0 Å². The van der Waals surface area contributed by atoms with Crippen molar-refractivity contribution < 1.29 is 28.4 Å². The molecule has 3 aliphatic rings. The summed E-state index contributed by atoms with van der Waals surface area (Å²) in [6.07, 6.45) is 6.51. The summed E-state index contributed by atoms with van der Waals surface area (Å²) in [6.45, 7) is 15.0. The van der Waals surface area contributed by atoms with E-state index in [0.29, 0.717) is 31.8 Å². The Labute approximate surface area is 313 Å². The van der Waals surface area contributed by atoms with Crippen LogP contribution in [0, 0.1) is 5.92 Å². The Morgan fingerprint density at radius 1 is 0.906 bits per heavy atom. The van der Waals surface area contributed by atoms with Crippen LogP contribution in [0.3, 0.4) is 0 Å². The lowest BCUT2D eigenvalue weighted by molar-refractivity contribution is -0.141. The molecule has 5 heterocycles. The molecule has 13 heteroatoms. The van der Waals surface area contributed by atoms with Gasteiger partial charge in [0.25, 0.3) is 0 Å². The predicted octanol–water partition coefficient (Wildman–Crippen LogP) is 6.07. The van der Waals surface area contributed by atoms with Crippen LogP contribution in [0.15, 0.2) is 47.1 Å². The third kappa shape index (κ3) is 9.23. The number of aromatic nitrogens is 3. The first kappa shape index (κ1) is 38.3. The van der Waals surface area contributed by atoms with E-state index in [4.69, 9.17) is 14.0 Å². The monoisotopic (exact) mass is 731 g/mol. The van der Waals surface area contributed by atoms with Gasteiger partial charge in [-0.25, -0.2) is 4.79 Å². The maximum atomic E-state index is 14.2. The number of rotatable bonds is 10. The number of aryl methyl sites for hydroxylation is 1. The summed E-state index contributed by atoms with van der Waals surface area (Å²) >= 11 is 0. The number of piperidine rings is 2. The SMILES string of the molecule is CC(NC(=O)C1CCCN1C(=O)C(c1cc(N2CCC(OC3CCN(C(=O)OC(C)(C)C)CC3)CC2)no1)C(C)C)c1ccc(-c2ccnn2C)cc1. The number of ether oxygens (including phenoxy) is 2. The van der Waals surface area contributed by atoms with Crippen molar-refractivity contribution in [3.05, 3.63) is 53.9 Å². The van der Waals surface area contributed by atoms with Gasteiger partial charge in [0.15, 0.2) is 11.6 Å². The zero-order chi connectivity index (χ0) is 37.9. The van der Waals surface area contributed by atoms with Crippen molar-refractivity contribution in [2.45, 2.75) is 116 Å². The van der Waals surface area contributed by atoms with Crippen molar-refractivity contribution in [2.75, 3.05) is 37.6 Å². The summed E-state index contributed by atoms with van der Waals surface area (Å²) in [5, 5.41) is 11.8. The number of anilines is 1. The van der Waals surface area contributed by atoms with Gasteiger partial charge in [-0.05, 0) is 89.3 Å². The highest BCUT2D eigenvalue weighted by atomic mass is 16.6. The Morgan fingerprint density at radius 2 is 1.57 bits per heavy atom. The molecular formula is C40H57N7O6. The summed E-state index contributed by atoms with van der Waals surface area (Å²) in [6, 6.07) is 11.2. The second-order valence-corrected chi connectivity index (χ2v) is 16.2. The van der Waals surface area contributed by atoms with E-state index >= 15 is 0 Å². The quantitative estimate of drug-likeness (QED) is 0.264. The molecule has 53 heavy (non-hydrogen) atoms. The van der Waals surface area contributed by atoms with Gasteiger partial charge in [0.05, 0.1) is 23.9 Å². The fourth-order valence-electron chi connectivity index (χ4n) is 7.78. The third-order valence-corrected chi connectivity index (χ3v) is 10.7. The van der Waals surface area contributed by atoms with Crippen molar-refractivity contribution >= 4 is 23.7 Å². The number of benzene rings is 1. The summed E-state index contributed by atoms with van der Waals surface area (Å²) < 4.78 is 19.7. The van der Waals surface area contributed by atoms with E-state index in [2.05, 4.69) is 20.5 Å². The molecular weight excluding hydrogens is 674 g/mol. The van der Waals surface area contributed by atoms with Gasteiger partial charge < -0.3 is 34.0 Å². The molecule has 288 valence electrons. The first-order valence-electron chi connectivity index (χ1n) is 19.3. The fourth-order valence-corrected chi connectivity index (χ4v) is 7.78. The first-order valence-corrected chi connectivity index (χ1v) is 19.3. The Kier molecular flexibility index (Phi) is 11.8. The predicted molar refractivity (Wildman–Crippen MR) is 201 cm³/mol. The molecule has 3 aliphatic heterocycles. The van der Waals surface area contributed by atoms with E-state index in [-0.39, 0.29) is 42.1 Å². The van der Waals surface area contributed by atoms with Gasteiger partial charge in [-0.1, -0.05) is 43.3 Å². The van der Waals surface area contributed by atoms with Gasteiger partial charge >= 0.3 is 6.09 Å². The van der Waals surface area contributed by atoms with E-state index in [9.17, 15) is 14.4 Å². The molecule has 3 atom stereocenters. The van der Waals surface area contributed by atoms with Gasteiger partial charge in [-0.3, -0.25) is 14.3 Å².